The maximum Gasteiger partial charge on any atom is 0.419 e. The number of benzene rings is 1. The van der Waals surface area contributed by atoms with Gasteiger partial charge >= 0.3 is 6.18 Å². The first-order valence-electron chi connectivity index (χ1n) is 7.29. The molecule has 1 aliphatic rings. The zero-order valence-electron chi connectivity index (χ0n) is 12.7. The van der Waals surface area contributed by atoms with Gasteiger partial charge in [-0.1, -0.05) is 30.1 Å². The molecule has 0 unspecified atom stereocenters. The number of halogens is 4. The number of nitrogens with zero attached hydrogens (tertiary/aromatic N) is 2. The molecule has 1 fully saturated rings. The molecule has 5 nitrogen and oxygen atoms in total. The van der Waals surface area contributed by atoms with Crippen molar-refractivity contribution in [2.75, 3.05) is 0 Å². The van der Waals surface area contributed by atoms with Gasteiger partial charge in [-0.2, -0.15) is 18.2 Å². The summed E-state index contributed by atoms with van der Waals surface area (Å²) in [5, 5.41) is 3.84. The van der Waals surface area contributed by atoms with E-state index in [1.807, 2.05) is 0 Å². The molecule has 0 bridgehead atoms. The summed E-state index contributed by atoms with van der Waals surface area (Å²) in [6.07, 6.45) is -0.957. The van der Waals surface area contributed by atoms with Crippen molar-refractivity contribution in [2.24, 2.45) is 5.73 Å². The molecule has 9 heteroatoms. The number of nitrogens with two attached hydrogens (primary N) is 1. The fourth-order valence-electron chi connectivity index (χ4n) is 2.71. The van der Waals surface area contributed by atoms with Crippen LogP contribution in [0.25, 0.3) is 0 Å². The Morgan fingerprint density at radius 2 is 1.88 bits per heavy atom. The third kappa shape index (κ3) is 3.81. The van der Waals surface area contributed by atoms with Gasteiger partial charge in [-0.15, -0.1) is 12.4 Å². The molecule has 0 spiro atoms. The van der Waals surface area contributed by atoms with E-state index in [2.05, 4.69) is 10.1 Å². The van der Waals surface area contributed by atoms with Gasteiger partial charge in [-0.25, -0.2) is 0 Å². The highest BCUT2D eigenvalue weighted by atomic mass is 35.5. The fourth-order valence-corrected chi connectivity index (χ4v) is 2.71. The molecule has 0 saturated heterocycles. The Labute approximate surface area is 142 Å². The lowest BCUT2D eigenvalue weighted by atomic mass is 9.99. The Hall–Kier alpha value is -1.80. The number of rotatable bonds is 4. The number of hydrogen-bond donors (Lipinski definition) is 1. The number of alkyl halides is 3. The quantitative estimate of drug-likeness (QED) is 0.893. The minimum atomic E-state index is -4.48. The number of ether oxygens (including phenoxy) is 1. The maximum absolute atomic E-state index is 12.9. The minimum Gasteiger partial charge on any atom is -0.483 e. The molecule has 2 aromatic rings. The summed E-state index contributed by atoms with van der Waals surface area (Å²) in [5.74, 6) is 0.217. The number of hydrogen-bond acceptors (Lipinski definition) is 5. The van der Waals surface area contributed by atoms with Crippen molar-refractivity contribution in [3.8, 4) is 5.75 Å². The Morgan fingerprint density at radius 3 is 2.54 bits per heavy atom. The monoisotopic (exact) mass is 363 g/mol. The van der Waals surface area contributed by atoms with Crippen LogP contribution in [0.4, 0.5) is 13.2 Å². The molecule has 3 rings (SSSR count). The molecule has 1 aromatic carbocycles. The second-order valence-electron chi connectivity index (χ2n) is 5.66. The summed E-state index contributed by atoms with van der Waals surface area (Å²) >= 11 is 0. The average molecular weight is 364 g/mol. The van der Waals surface area contributed by atoms with Crippen LogP contribution in [-0.4, -0.2) is 10.1 Å². The van der Waals surface area contributed by atoms with E-state index in [4.69, 9.17) is 15.0 Å². The molecule has 0 aliphatic heterocycles. The lowest BCUT2D eigenvalue weighted by Crippen LogP contribution is -2.34. The van der Waals surface area contributed by atoms with E-state index in [-0.39, 0.29) is 30.7 Å². The molecular weight excluding hydrogens is 347 g/mol. The SMILES string of the molecule is Cl.NC1(c2noc(COc3ccccc3C(F)(F)F)n2)CCCC1. The Kier molecular flexibility index (Phi) is 5.39. The molecule has 1 heterocycles. The molecule has 0 atom stereocenters. The van der Waals surface area contributed by atoms with Crippen molar-refractivity contribution in [1.82, 2.24) is 10.1 Å². The van der Waals surface area contributed by atoms with Crippen LogP contribution < -0.4 is 10.5 Å². The third-order valence-corrected chi connectivity index (χ3v) is 3.95. The van der Waals surface area contributed by atoms with E-state index < -0.39 is 17.3 Å². The van der Waals surface area contributed by atoms with Gasteiger partial charge < -0.3 is 15.0 Å². The van der Waals surface area contributed by atoms with Gasteiger partial charge in [-0.3, -0.25) is 0 Å². The van der Waals surface area contributed by atoms with E-state index >= 15 is 0 Å². The van der Waals surface area contributed by atoms with E-state index in [9.17, 15) is 13.2 Å². The van der Waals surface area contributed by atoms with Crippen LogP contribution >= 0.6 is 12.4 Å². The summed E-state index contributed by atoms with van der Waals surface area (Å²) in [7, 11) is 0. The molecule has 2 N–H and O–H groups in total. The second-order valence-corrected chi connectivity index (χ2v) is 5.66. The maximum atomic E-state index is 12.9. The van der Waals surface area contributed by atoms with Crippen molar-refractivity contribution >= 4 is 12.4 Å². The van der Waals surface area contributed by atoms with Crippen molar-refractivity contribution in [3.63, 3.8) is 0 Å². The van der Waals surface area contributed by atoms with Crippen molar-refractivity contribution in [1.29, 1.82) is 0 Å². The average Bonchev–Trinajstić information content (AvgIpc) is 3.14. The van der Waals surface area contributed by atoms with Crippen LogP contribution in [0, 0.1) is 0 Å². The normalized spacial score (nSPS) is 16.7. The Bertz CT molecular complexity index is 685. The summed E-state index contributed by atoms with van der Waals surface area (Å²) in [6.45, 7) is -0.240. The highest BCUT2D eigenvalue weighted by Crippen LogP contribution is 2.37. The summed E-state index contributed by atoms with van der Waals surface area (Å²) in [6, 6.07) is 4.99. The summed E-state index contributed by atoms with van der Waals surface area (Å²) < 4.78 is 48.9. The number of aromatic nitrogens is 2. The molecule has 0 amide bonds. The predicted octanol–water partition coefficient (Wildman–Crippen LogP) is 3.82. The van der Waals surface area contributed by atoms with Crippen LogP contribution in [-0.2, 0) is 18.3 Å². The zero-order valence-corrected chi connectivity index (χ0v) is 13.5. The molecular formula is C15H17ClF3N3O2. The van der Waals surface area contributed by atoms with Crippen LogP contribution in [0.5, 0.6) is 5.75 Å². The Morgan fingerprint density at radius 1 is 1.21 bits per heavy atom. The standard InChI is InChI=1S/C15H16F3N3O2.ClH/c16-15(17,18)10-5-1-2-6-11(10)22-9-12-20-13(21-23-12)14(19)7-3-4-8-14;/h1-2,5-6H,3-4,7-9,19H2;1H. The lowest BCUT2D eigenvalue weighted by molar-refractivity contribution is -0.139. The van der Waals surface area contributed by atoms with Gasteiger partial charge in [-0.05, 0) is 25.0 Å². The minimum absolute atomic E-state index is 0. The van der Waals surface area contributed by atoms with E-state index in [1.165, 1.54) is 18.2 Å². The van der Waals surface area contributed by atoms with Crippen LogP contribution in [0.1, 0.15) is 43.0 Å². The van der Waals surface area contributed by atoms with Crippen LogP contribution in [0.15, 0.2) is 28.8 Å². The largest absolute Gasteiger partial charge is 0.483 e. The predicted molar refractivity (Wildman–Crippen MR) is 81.7 cm³/mol. The summed E-state index contributed by atoms with van der Waals surface area (Å²) in [5.41, 5.74) is 4.76. The third-order valence-electron chi connectivity index (χ3n) is 3.95. The lowest BCUT2D eigenvalue weighted by Gasteiger charge is -2.17. The first-order chi connectivity index (χ1) is 10.9. The summed E-state index contributed by atoms with van der Waals surface area (Å²) in [4.78, 5) is 4.16. The second kappa shape index (κ2) is 6.98. The van der Waals surface area contributed by atoms with Crippen molar-refractivity contribution in [2.45, 2.75) is 44.0 Å². The molecule has 1 aliphatic carbocycles. The van der Waals surface area contributed by atoms with E-state index in [0.717, 1.165) is 31.7 Å². The molecule has 1 aromatic heterocycles. The van der Waals surface area contributed by atoms with Gasteiger partial charge in [0.15, 0.2) is 12.4 Å². The van der Waals surface area contributed by atoms with Gasteiger partial charge in [0, 0.05) is 0 Å². The first kappa shape index (κ1) is 18.5. The first-order valence-corrected chi connectivity index (χ1v) is 7.29. The molecule has 132 valence electrons. The Balaban J connectivity index is 0.00000208. The van der Waals surface area contributed by atoms with Gasteiger partial charge in [0.25, 0.3) is 5.89 Å². The zero-order chi connectivity index (χ0) is 16.5. The van der Waals surface area contributed by atoms with Crippen LogP contribution in [0.2, 0.25) is 0 Å². The molecule has 1 saturated carbocycles. The van der Waals surface area contributed by atoms with Crippen molar-refractivity contribution in [3.05, 3.63) is 41.5 Å². The fraction of sp³-hybridized carbons (Fsp3) is 0.467. The highest BCUT2D eigenvalue weighted by molar-refractivity contribution is 5.85. The van der Waals surface area contributed by atoms with Crippen LogP contribution in [0.3, 0.4) is 0 Å². The van der Waals surface area contributed by atoms with E-state index in [0.29, 0.717) is 5.82 Å². The van der Waals surface area contributed by atoms with Gasteiger partial charge in [0.1, 0.15) is 5.75 Å². The highest BCUT2D eigenvalue weighted by Gasteiger charge is 2.36. The van der Waals surface area contributed by atoms with Crippen molar-refractivity contribution < 1.29 is 22.4 Å². The number of para-hydroxylation sites is 1. The van der Waals surface area contributed by atoms with Gasteiger partial charge in [0.2, 0.25) is 0 Å². The topological polar surface area (TPSA) is 74.2 Å². The van der Waals surface area contributed by atoms with E-state index in [1.54, 1.807) is 0 Å². The molecule has 0 radical (unpaired) electrons. The molecule has 24 heavy (non-hydrogen) atoms. The smallest absolute Gasteiger partial charge is 0.419 e. The van der Waals surface area contributed by atoms with Gasteiger partial charge in [0.05, 0.1) is 11.1 Å².